The van der Waals surface area contributed by atoms with Crippen LogP contribution in [-0.4, -0.2) is 60.4 Å². The summed E-state index contributed by atoms with van der Waals surface area (Å²) in [5.41, 5.74) is 3.32. The summed E-state index contributed by atoms with van der Waals surface area (Å²) in [6.45, 7) is 9.37. The summed E-state index contributed by atoms with van der Waals surface area (Å²) in [5.74, 6) is 0.906. The van der Waals surface area contributed by atoms with Crippen LogP contribution in [0.25, 0.3) is 0 Å². The number of guanidine groups is 1. The molecule has 30 heavy (non-hydrogen) atoms. The molecule has 0 aromatic heterocycles. The molecule has 1 fully saturated rings. The molecule has 0 radical (unpaired) electrons. The summed E-state index contributed by atoms with van der Waals surface area (Å²) in [5, 5.41) is 0. The number of anilines is 1. The van der Waals surface area contributed by atoms with Crippen molar-refractivity contribution in [3.63, 3.8) is 0 Å². The van der Waals surface area contributed by atoms with Gasteiger partial charge in [-0.2, -0.15) is 0 Å². The Hall–Kier alpha value is -2.66. The van der Waals surface area contributed by atoms with Crippen LogP contribution in [0.4, 0.5) is 5.69 Å². The zero-order chi connectivity index (χ0) is 20.9. The topological polar surface area (TPSA) is 39.1 Å². The van der Waals surface area contributed by atoms with Crippen molar-refractivity contribution in [3.05, 3.63) is 65.7 Å². The third-order valence-corrected chi connectivity index (χ3v) is 6.02. The van der Waals surface area contributed by atoms with Gasteiger partial charge in [-0.05, 0) is 42.6 Å². The Morgan fingerprint density at radius 1 is 0.933 bits per heavy atom. The lowest BCUT2D eigenvalue weighted by Crippen LogP contribution is -2.53. The van der Waals surface area contributed by atoms with Crippen LogP contribution in [0.2, 0.25) is 0 Å². The molecule has 0 N–H and O–H groups in total. The predicted octanol–water partition coefficient (Wildman–Crippen LogP) is 3.59. The van der Waals surface area contributed by atoms with Crippen LogP contribution < -0.4 is 4.90 Å². The van der Waals surface area contributed by atoms with E-state index in [2.05, 4.69) is 47.9 Å². The van der Waals surface area contributed by atoms with E-state index in [0.717, 1.165) is 56.4 Å². The highest BCUT2D eigenvalue weighted by atomic mass is 16.2. The van der Waals surface area contributed by atoms with Crippen LogP contribution in [-0.2, 0) is 17.6 Å². The standard InChI is InChI=1S/C25H32N4O/c1-3-13-27-14-16-28(17-15-27)25-26-23(19-21-9-6-5-7-10-21)24(30)29(25)22-12-8-11-20(4-2)18-22/h5-12,18,23H,3-4,13-17,19H2,1-2H3. The highest BCUT2D eigenvalue weighted by molar-refractivity contribution is 6.22. The lowest BCUT2D eigenvalue weighted by atomic mass is 10.1. The number of benzene rings is 2. The molecule has 5 nitrogen and oxygen atoms in total. The number of hydrogen-bond donors (Lipinski definition) is 0. The lowest BCUT2D eigenvalue weighted by Gasteiger charge is -2.37. The smallest absolute Gasteiger partial charge is 0.259 e. The van der Waals surface area contributed by atoms with E-state index < -0.39 is 0 Å². The molecule has 1 amide bonds. The lowest BCUT2D eigenvalue weighted by molar-refractivity contribution is -0.118. The molecule has 1 saturated heterocycles. The first-order valence-corrected chi connectivity index (χ1v) is 11.2. The zero-order valence-corrected chi connectivity index (χ0v) is 18.1. The minimum absolute atomic E-state index is 0.0816. The highest BCUT2D eigenvalue weighted by Gasteiger charge is 2.39. The zero-order valence-electron chi connectivity index (χ0n) is 18.1. The molecular formula is C25H32N4O. The molecule has 2 aromatic rings. The van der Waals surface area contributed by atoms with Gasteiger partial charge in [0.2, 0.25) is 5.96 Å². The maximum Gasteiger partial charge on any atom is 0.259 e. The normalized spacial score (nSPS) is 20.0. The van der Waals surface area contributed by atoms with Crippen LogP contribution in [0.15, 0.2) is 59.6 Å². The number of carbonyl (C=O) groups is 1. The molecule has 1 unspecified atom stereocenters. The SMILES string of the molecule is CCCN1CCN(C2=NC(Cc3ccccc3)C(=O)N2c2cccc(CC)c2)CC1. The second-order valence-corrected chi connectivity index (χ2v) is 8.16. The molecular weight excluding hydrogens is 372 g/mol. The van der Waals surface area contributed by atoms with Crippen molar-refractivity contribution in [1.29, 1.82) is 0 Å². The molecule has 2 heterocycles. The third-order valence-electron chi connectivity index (χ3n) is 6.02. The summed E-state index contributed by atoms with van der Waals surface area (Å²) >= 11 is 0. The summed E-state index contributed by atoms with van der Waals surface area (Å²) < 4.78 is 0. The minimum atomic E-state index is -0.360. The summed E-state index contributed by atoms with van der Waals surface area (Å²) in [4.78, 5) is 25.1. The van der Waals surface area contributed by atoms with E-state index in [4.69, 9.17) is 4.99 Å². The number of aliphatic imine (C=N–C) groups is 1. The molecule has 0 spiro atoms. The Morgan fingerprint density at radius 2 is 1.67 bits per heavy atom. The van der Waals surface area contributed by atoms with Gasteiger partial charge in [-0.3, -0.25) is 9.69 Å². The molecule has 5 heteroatoms. The van der Waals surface area contributed by atoms with Gasteiger partial charge in [0, 0.05) is 32.6 Å². The van der Waals surface area contributed by atoms with E-state index in [1.807, 2.05) is 35.2 Å². The molecule has 0 saturated carbocycles. The van der Waals surface area contributed by atoms with Crippen molar-refractivity contribution in [3.8, 4) is 0 Å². The molecule has 2 aliphatic rings. The number of piperazine rings is 1. The third kappa shape index (κ3) is 4.41. The Balaban J connectivity index is 1.61. The van der Waals surface area contributed by atoms with Gasteiger partial charge in [0.25, 0.3) is 5.91 Å². The molecule has 158 valence electrons. The number of amides is 1. The summed E-state index contributed by atoms with van der Waals surface area (Å²) in [6, 6.07) is 18.2. The van der Waals surface area contributed by atoms with Crippen LogP contribution in [0, 0.1) is 0 Å². The number of hydrogen-bond acceptors (Lipinski definition) is 4. The fraction of sp³-hybridized carbons (Fsp3) is 0.440. The first-order valence-electron chi connectivity index (χ1n) is 11.2. The molecule has 0 aliphatic carbocycles. The Labute approximate surface area is 180 Å². The van der Waals surface area contributed by atoms with E-state index in [0.29, 0.717) is 6.42 Å². The largest absolute Gasteiger partial charge is 0.340 e. The highest BCUT2D eigenvalue weighted by Crippen LogP contribution is 2.26. The van der Waals surface area contributed by atoms with Crippen molar-refractivity contribution in [2.75, 3.05) is 37.6 Å². The van der Waals surface area contributed by atoms with Gasteiger partial charge < -0.3 is 4.90 Å². The first-order chi connectivity index (χ1) is 14.7. The van der Waals surface area contributed by atoms with Crippen LogP contribution in [0.3, 0.4) is 0 Å². The molecule has 2 aliphatic heterocycles. The van der Waals surface area contributed by atoms with Gasteiger partial charge >= 0.3 is 0 Å². The Bertz CT molecular complexity index is 887. The summed E-state index contributed by atoms with van der Waals surface area (Å²) in [6.07, 6.45) is 2.77. The van der Waals surface area contributed by atoms with Crippen molar-refractivity contribution in [2.45, 2.75) is 39.2 Å². The van der Waals surface area contributed by atoms with Crippen molar-refractivity contribution in [1.82, 2.24) is 9.80 Å². The number of carbonyl (C=O) groups excluding carboxylic acids is 1. The van der Waals surface area contributed by atoms with E-state index in [9.17, 15) is 4.79 Å². The Morgan fingerprint density at radius 3 is 2.37 bits per heavy atom. The van der Waals surface area contributed by atoms with E-state index in [-0.39, 0.29) is 11.9 Å². The van der Waals surface area contributed by atoms with Crippen molar-refractivity contribution < 1.29 is 4.79 Å². The van der Waals surface area contributed by atoms with E-state index >= 15 is 0 Å². The van der Waals surface area contributed by atoms with E-state index in [1.165, 1.54) is 12.0 Å². The second-order valence-electron chi connectivity index (χ2n) is 8.16. The van der Waals surface area contributed by atoms with Crippen LogP contribution in [0.1, 0.15) is 31.4 Å². The molecule has 0 bridgehead atoms. The van der Waals surface area contributed by atoms with Gasteiger partial charge in [-0.15, -0.1) is 0 Å². The first kappa shape index (κ1) is 20.6. The number of rotatable bonds is 6. The fourth-order valence-corrected chi connectivity index (χ4v) is 4.34. The summed E-state index contributed by atoms with van der Waals surface area (Å²) in [7, 11) is 0. The quantitative estimate of drug-likeness (QED) is 0.739. The molecule has 2 aromatic carbocycles. The Kier molecular flexibility index (Phi) is 6.48. The van der Waals surface area contributed by atoms with Gasteiger partial charge in [0.05, 0.1) is 5.69 Å². The van der Waals surface area contributed by atoms with Crippen LogP contribution >= 0.6 is 0 Å². The van der Waals surface area contributed by atoms with Gasteiger partial charge in [-0.25, -0.2) is 9.89 Å². The average molecular weight is 405 g/mol. The van der Waals surface area contributed by atoms with E-state index in [1.54, 1.807) is 0 Å². The average Bonchev–Trinajstić information content (AvgIpc) is 3.11. The monoisotopic (exact) mass is 404 g/mol. The maximum atomic E-state index is 13.5. The molecule has 1 atom stereocenters. The maximum absolute atomic E-state index is 13.5. The van der Waals surface area contributed by atoms with Gasteiger partial charge in [0.15, 0.2) is 0 Å². The van der Waals surface area contributed by atoms with Gasteiger partial charge in [0.1, 0.15) is 6.04 Å². The number of nitrogens with zero attached hydrogens (tertiary/aromatic N) is 4. The van der Waals surface area contributed by atoms with Crippen LogP contribution in [0.5, 0.6) is 0 Å². The van der Waals surface area contributed by atoms with Crippen molar-refractivity contribution >= 4 is 17.6 Å². The fourth-order valence-electron chi connectivity index (χ4n) is 4.34. The predicted molar refractivity (Wildman–Crippen MR) is 123 cm³/mol. The number of aryl methyl sites for hydroxylation is 1. The second kappa shape index (κ2) is 9.43. The van der Waals surface area contributed by atoms with Gasteiger partial charge in [-0.1, -0.05) is 56.3 Å². The minimum Gasteiger partial charge on any atom is -0.340 e. The molecule has 4 rings (SSSR count). The van der Waals surface area contributed by atoms with Crippen molar-refractivity contribution in [2.24, 2.45) is 4.99 Å².